The number of fused-ring (bicyclic) bond motifs is 1. The SMILES string of the molecule is CN(Cc1ccco1)Cc1nc2ccccc2n(C)c1=O. The van der Waals surface area contributed by atoms with Crippen LogP contribution in [-0.4, -0.2) is 21.5 Å². The van der Waals surface area contributed by atoms with Crippen molar-refractivity contribution in [3.8, 4) is 0 Å². The first kappa shape index (κ1) is 13.6. The summed E-state index contributed by atoms with van der Waals surface area (Å²) in [6.45, 7) is 1.13. The summed E-state index contributed by atoms with van der Waals surface area (Å²) in [7, 11) is 3.72. The first-order valence-electron chi connectivity index (χ1n) is 6.81. The first-order chi connectivity index (χ1) is 10.1. The van der Waals surface area contributed by atoms with Gasteiger partial charge in [-0.2, -0.15) is 0 Å². The molecular weight excluding hydrogens is 266 g/mol. The van der Waals surface area contributed by atoms with Gasteiger partial charge in [0.2, 0.25) is 0 Å². The van der Waals surface area contributed by atoms with Crippen molar-refractivity contribution in [2.45, 2.75) is 13.1 Å². The van der Waals surface area contributed by atoms with E-state index in [-0.39, 0.29) is 5.56 Å². The van der Waals surface area contributed by atoms with E-state index < -0.39 is 0 Å². The van der Waals surface area contributed by atoms with Gasteiger partial charge in [0, 0.05) is 13.6 Å². The van der Waals surface area contributed by atoms with E-state index >= 15 is 0 Å². The average molecular weight is 283 g/mol. The summed E-state index contributed by atoms with van der Waals surface area (Å²) in [5, 5.41) is 0. The lowest BCUT2D eigenvalue weighted by Gasteiger charge is -2.15. The molecule has 0 aliphatic rings. The standard InChI is InChI=1S/C16H17N3O2/c1-18(10-12-6-5-9-21-12)11-14-16(20)19(2)15-8-4-3-7-13(15)17-14/h3-9H,10-11H2,1-2H3. The molecule has 21 heavy (non-hydrogen) atoms. The van der Waals surface area contributed by atoms with Crippen LogP contribution >= 0.6 is 0 Å². The van der Waals surface area contributed by atoms with Crippen LogP contribution in [-0.2, 0) is 20.1 Å². The van der Waals surface area contributed by atoms with Crippen LogP contribution in [0.1, 0.15) is 11.5 Å². The van der Waals surface area contributed by atoms with Crippen molar-refractivity contribution in [1.29, 1.82) is 0 Å². The van der Waals surface area contributed by atoms with Crippen LogP contribution in [0.25, 0.3) is 11.0 Å². The molecule has 0 spiro atoms. The van der Waals surface area contributed by atoms with Gasteiger partial charge in [-0.25, -0.2) is 4.98 Å². The molecule has 2 aromatic heterocycles. The molecule has 3 aromatic rings. The number of para-hydroxylation sites is 2. The number of rotatable bonds is 4. The van der Waals surface area contributed by atoms with Crippen LogP contribution in [0, 0.1) is 0 Å². The van der Waals surface area contributed by atoms with Gasteiger partial charge in [-0.15, -0.1) is 0 Å². The van der Waals surface area contributed by atoms with Gasteiger partial charge in [0.15, 0.2) is 0 Å². The van der Waals surface area contributed by atoms with Crippen LogP contribution in [0.15, 0.2) is 51.9 Å². The fourth-order valence-electron chi connectivity index (χ4n) is 2.42. The van der Waals surface area contributed by atoms with Gasteiger partial charge < -0.3 is 8.98 Å². The lowest BCUT2D eigenvalue weighted by molar-refractivity contribution is 0.283. The number of benzene rings is 1. The lowest BCUT2D eigenvalue weighted by Crippen LogP contribution is -2.28. The van der Waals surface area contributed by atoms with E-state index in [0.717, 1.165) is 16.8 Å². The maximum absolute atomic E-state index is 12.4. The molecule has 0 aliphatic heterocycles. The lowest BCUT2D eigenvalue weighted by atomic mass is 10.2. The van der Waals surface area contributed by atoms with E-state index in [2.05, 4.69) is 4.98 Å². The Hall–Kier alpha value is -2.40. The average Bonchev–Trinajstić information content (AvgIpc) is 2.97. The van der Waals surface area contributed by atoms with Crippen LogP contribution in [0.4, 0.5) is 0 Å². The largest absolute Gasteiger partial charge is 0.468 e. The Labute approximate surface area is 122 Å². The van der Waals surface area contributed by atoms with Crippen molar-refractivity contribution in [2.75, 3.05) is 7.05 Å². The van der Waals surface area contributed by atoms with Crippen molar-refractivity contribution in [2.24, 2.45) is 7.05 Å². The summed E-state index contributed by atoms with van der Waals surface area (Å²) in [5.74, 6) is 0.870. The Balaban J connectivity index is 1.90. The predicted octanol–water partition coefficient (Wildman–Crippen LogP) is 2.16. The van der Waals surface area contributed by atoms with Gasteiger partial charge >= 0.3 is 0 Å². The topological polar surface area (TPSA) is 51.3 Å². The summed E-state index contributed by atoms with van der Waals surface area (Å²) in [4.78, 5) is 18.9. The highest BCUT2D eigenvalue weighted by Crippen LogP contribution is 2.10. The Kier molecular flexibility index (Phi) is 3.58. The van der Waals surface area contributed by atoms with E-state index in [9.17, 15) is 4.79 Å². The zero-order chi connectivity index (χ0) is 14.8. The van der Waals surface area contributed by atoms with Gasteiger partial charge in [0.25, 0.3) is 5.56 Å². The highest BCUT2D eigenvalue weighted by Gasteiger charge is 2.11. The molecule has 108 valence electrons. The molecule has 0 fully saturated rings. The minimum Gasteiger partial charge on any atom is -0.468 e. The third kappa shape index (κ3) is 2.73. The van der Waals surface area contributed by atoms with Gasteiger partial charge in [0.1, 0.15) is 11.5 Å². The summed E-state index contributed by atoms with van der Waals surface area (Å²) >= 11 is 0. The van der Waals surface area contributed by atoms with Gasteiger partial charge in [-0.1, -0.05) is 12.1 Å². The summed E-state index contributed by atoms with van der Waals surface area (Å²) in [6.07, 6.45) is 1.65. The molecule has 0 unspecified atom stereocenters. The molecule has 0 saturated carbocycles. The van der Waals surface area contributed by atoms with E-state index in [4.69, 9.17) is 4.42 Å². The normalized spacial score (nSPS) is 11.4. The van der Waals surface area contributed by atoms with Crippen LogP contribution < -0.4 is 5.56 Å². The van der Waals surface area contributed by atoms with E-state index in [0.29, 0.717) is 18.8 Å². The summed E-state index contributed by atoms with van der Waals surface area (Å²) in [6, 6.07) is 11.4. The Morgan fingerprint density at radius 1 is 1.19 bits per heavy atom. The fraction of sp³-hybridized carbons (Fsp3) is 0.250. The maximum atomic E-state index is 12.4. The second kappa shape index (κ2) is 5.54. The van der Waals surface area contributed by atoms with Crippen LogP contribution in [0.3, 0.4) is 0 Å². The zero-order valence-electron chi connectivity index (χ0n) is 12.1. The minimum absolute atomic E-state index is 0.0556. The number of aryl methyl sites for hydroxylation is 1. The van der Waals surface area contributed by atoms with E-state index in [1.54, 1.807) is 17.9 Å². The molecular formula is C16H17N3O2. The number of aromatic nitrogens is 2. The van der Waals surface area contributed by atoms with Gasteiger partial charge in [-0.3, -0.25) is 9.69 Å². The highest BCUT2D eigenvalue weighted by atomic mass is 16.3. The molecule has 2 heterocycles. The van der Waals surface area contributed by atoms with Gasteiger partial charge in [0.05, 0.1) is 23.8 Å². The Morgan fingerprint density at radius 3 is 2.76 bits per heavy atom. The molecule has 0 saturated heterocycles. The smallest absolute Gasteiger partial charge is 0.273 e. The molecule has 0 amide bonds. The molecule has 0 N–H and O–H groups in total. The molecule has 5 nitrogen and oxygen atoms in total. The molecule has 1 aromatic carbocycles. The fourth-order valence-corrected chi connectivity index (χ4v) is 2.42. The highest BCUT2D eigenvalue weighted by molar-refractivity contribution is 5.74. The van der Waals surface area contributed by atoms with Crippen molar-refractivity contribution in [1.82, 2.24) is 14.5 Å². The van der Waals surface area contributed by atoms with Crippen molar-refractivity contribution in [3.63, 3.8) is 0 Å². The van der Waals surface area contributed by atoms with Gasteiger partial charge in [-0.05, 0) is 31.3 Å². The number of hydrogen-bond donors (Lipinski definition) is 0. The molecule has 0 aliphatic carbocycles. The number of furan rings is 1. The molecule has 0 radical (unpaired) electrons. The predicted molar refractivity (Wildman–Crippen MR) is 80.9 cm³/mol. The zero-order valence-corrected chi connectivity index (χ0v) is 12.1. The van der Waals surface area contributed by atoms with E-state index in [1.807, 2.05) is 48.3 Å². The van der Waals surface area contributed by atoms with Crippen molar-refractivity contribution in [3.05, 3.63) is 64.5 Å². The van der Waals surface area contributed by atoms with Crippen molar-refractivity contribution < 1.29 is 4.42 Å². The first-order valence-corrected chi connectivity index (χ1v) is 6.81. The molecule has 3 rings (SSSR count). The molecule has 5 heteroatoms. The monoisotopic (exact) mass is 283 g/mol. The number of nitrogens with zero attached hydrogens (tertiary/aromatic N) is 3. The van der Waals surface area contributed by atoms with Crippen LogP contribution in [0.5, 0.6) is 0 Å². The van der Waals surface area contributed by atoms with Crippen LogP contribution in [0.2, 0.25) is 0 Å². The maximum Gasteiger partial charge on any atom is 0.273 e. The third-order valence-corrected chi connectivity index (χ3v) is 3.48. The molecule has 0 atom stereocenters. The molecule has 0 bridgehead atoms. The summed E-state index contributed by atoms with van der Waals surface area (Å²) in [5.41, 5.74) is 2.17. The Bertz CT molecular complexity index is 806. The summed E-state index contributed by atoms with van der Waals surface area (Å²) < 4.78 is 6.97. The third-order valence-electron chi connectivity index (χ3n) is 3.48. The van der Waals surface area contributed by atoms with Crippen molar-refractivity contribution >= 4 is 11.0 Å². The number of hydrogen-bond acceptors (Lipinski definition) is 4. The van der Waals surface area contributed by atoms with E-state index in [1.165, 1.54) is 0 Å². The quantitative estimate of drug-likeness (QED) is 0.736. The minimum atomic E-state index is -0.0556. The Morgan fingerprint density at radius 2 is 2.00 bits per heavy atom. The second-order valence-electron chi connectivity index (χ2n) is 5.16. The second-order valence-corrected chi connectivity index (χ2v) is 5.16.